The van der Waals surface area contributed by atoms with E-state index in [-0.39, 0.29) is 5.54 Å². The van der Waals surface area contributed by atoms with E-state index in [0.717, 1.165) is 5.69 Å². The van der Waals surface area contributed by atoms with E-state index in [1.54, 1.807) is 12.1 Å². The van der Waals surface area contributed by atoms with Crippen LogP contribution in [-0.4, -0.2) is 25.8 Å². The van der Waals surface area contributed by atoms with Gasteiger partial charge in [-0.05, 0) is 49.3 Å². The average Bonchev–Trinajstić information content (AvgIpc) is 2.84. The van der Waals surface area contributed by atoms with E-state index in [4.69, 9.17) is 11.6 Å². The summed E-state index contributed by atoms with van der Waals surface area (Å²) in [7, 11) is 0. The lowest BCUT2D eigenvalue weighted by atomic mass is 10.1. The van der Waals surface area contributed by atoms with Gasteiger partial charge in [0.05, 0.1) is 0 Å². The summed E-state index contributed by atoms with van der Waals surface area (Å²) in [5.41, 5.74) is 1.30. The Morgan fingerprint density at radius 1 is 1.05 bits per heavy atom. The van der Waals surface area contributed by atoms with Gasteiger partial charge in [-0.3, -0.25) is 0 Å². The maximum atomic E-state index is 6.01. The number of nitrogens with zero attached hydrogens (tertiary/aromatic N) is 4. The van der Waals surface area contributed by atoms with Gasteiger partial charge < -0.3 is 10.6 Å². The first-order chi connectivity index (χ1) is 10.4. The zero-order valence-corrected chi connectivity index (χ0v) is 13.1. The maximum Gasteiger partial charge on any atom is 0.245 e. The van der Waals surface area contributed by atoms with Gasteiger partial charge >= 0.3 is 0 Å². The minimum Gasteiger partial charge on any atom is -0.362 e. The number of rotatable bonds is 3. The first-order valence-corrected chi connectivity index (χ1v) is 7.10. The SMILES string of the molecule is CC(C)(C)Nc1nc2nonc2nc1Nc1cccc(Cl)c1. The molecular formula is C14H15ClN6O. The van der Waals surface area contributed by atoms with Crippen LogP contribution in [0, 0.1) is 0 Å². The third kappa shape index (κ3) is 3.25. The van der Waals surface area contributed by atoms with Gasteiger partial charge in [-0.15, -0.1) is 0 Å². The predicted molar refractivity (Wildman–Crippen MR) is 85.5 cm³/mol. The molecule has 8 heteroatoms. The number of nitrogens with one attached hydrogen (secondary N) is 2. The van der Waals surface area contributed by atoms with Crippen molar-refractivity contribution in [3.05, 3.63) is 29.3 Å². The van der Waals surface area contributed by atoms with Crippen LogP contribution in [0.3, 0.4) is 0 Å². The normalized spacial score (nSPS) is 11.6. The van der Waals surface area contributed by atoms with E-state index in [0.29, 0.717) is 28.0 Å². The predicted octanol–water partition coefficient (Wildman–Crippen LogP) is 3.62. The Labute approximate surface area is 132 Å². The van der Waals surface area contributed by atoms with E-state index >= 15 is 0 Å². The Bertz CT molecular complexity index is 810. The molecule has 7 nitrogen and oxygen atoms in total. The number of aromatic nitrogens is 4. The highest BCUT2D eigenvalue weighted by Gasteiger charge is 2.18. The van der Waals surface area contributed by atoms with E-state index in [9.17, 15) is 0 Å². The summed E-state index contributed by atoms with van der Waals surface area (Å²) in [6.45, 7) is 6.09. The molecule has 0 unspecified atom stereocenters. The third-order valence-corrected chi connectivity index (χ3v) is 2.93. The Balaban J connectivity index is 2.03. The number of anilines is 3. The fraction of sp³-hybridized carbons (Fsp3) is 0.286. The van der Waals surface area contributed by atoms with Crippen LogP contribution in [0.15, 0.2) is 28.9 Å². The zero-order chi connectivity index (χ0) is 15.7. The molecule has 3 aromatic rings. The molecule has 0 aliphatic heterocycles. The van der Waals surface area contributed by atoms with Crippen molar-refractivity contribution in [2.45, 2.75) is 26.3 Å². The molecule has 3 rings (SSSR count). The van der Waals surface area contributed by atoms with Crippen molar-refractivity contribution in [3.63, 3.8) is 0 Å². The lowest BCUT2D eigenvalue weighted by molar-refractivity contribution is 0.314. The molecule has 0 saturated heterocycles. The van der Waals surface area contributed by atoms with Gasteiger partial charge in [0.15, 0.2) is 11.6 Å². The van der Waals surface area contributed by atoms with Crippen LogP contribution < -0.4 is 10.6 Å². The van der Waals surface area contributed by atoms with Crippen LogP contribution in [-0.2, 0) is 0 Å². The maximum absolute atomic E-state index is 6.01. The van der Waals surface area contributed by atoms with Crippen molar-refractivity contribution >= 4 is 40.2 Å². The molecule has 114 valence electrons. The highest BCUT2D eigenvalue weighted by molar-refractivity contribution is 6.30. The van der Waals surface area contributed by atoms with Crippen molar-refractivity contribution in [1.29, 1.82) is 0 Å². The molecule has 2 heterocycles. The zero-order valence-electron chi connectivity index (χ0n) is 12.4. The second kappa shape index (κ2) is 5.42. The second-order valence-corrected chi connectivity index (χ2v) is 6.28. The summed E-state index contributed by atoms with van der Waals surface area (Å²) >= 11 is 6.01. The van der Waals surface area contributed by atoms with Crippen molar-refractivity contribution in [2.24, 2.45) is 0 Å². The first-order valence-electron chi connectivity index (χ1n) is 6.72. The molecule has 0 amide bonds. The molecule has 0 atom stereocenters. The molecule has 0 spiro atoms. The molecule has 0 fully saturated rings. The topological polar surface area (TPSA) is 88.8 Å². The molecule has 0 saturated carbocycles. The number of halogens is 1. The average molecular weight is 319 g/mol. The summed E-state index contributed by atoms with van der Waals surface area (Å²) < 4.78 is 4.67. The van der Waals surface area contributed by atoms with Crippen molar-refractivity contribution in [3.8, 4) is 0 Å². The fourth-order valence-electron chi connectivity index (χ4n) is 1.87. The van der Waals surface area contributed by atoms with Gasteiger partial charge in [-0.1, -0.05) is 17.7 Å². The number of fused-ring (bicyclic) bond motifs is 1. The Morgan fingerprint density at radius 3 is 2.36 bits per heavy atom. The van der Waals surface area contributed by atoms with Crippen LogP contribution in [0.2, 0.25) is 5.02 Å². The summed E-state index contributed by atoms with van der Waals surface area (Å²) in [6, 6.07) is 7.34. The molecule has 0 aliphatic rings. The fourth-order valence-corrected chi connectivity index (χ4v) is 2.06. The van der Waals surface area contributed by atoms with Gasteiger partial charge in [0.25, 0.3) is 0 Å². The van der Waals surface area contributed by atoms with Gasteiger partial charge in [-0.2, -0.15) is 0 Å². The van der Waals surface area contributed by atoms with E-state index < -0.39 is 0 Å². The smallest absolute Gasteiger partial charge is 0.245 e. The lowest BCUT2D eigenvalue weighted by Crippen LogP contribution is -2.27. The quantitative estimate of drug-likeness (QED) is 0.762. The molecule has 0 radical (unpaired) electrons. The third-order valence-electron chi connectivity index (χ3n) is 2.70. The standard InChI is InChI=1S/C14H15ClN6O/c1-14(2,3)19-11-10(16-9-6-4-5-8(15)7-9)17-12-13(18-11)21-22-20-12/h4-7H,1-3H3,(H,16,17,20)(H,18,19,21). The Kier molecular flexibility index (Phi) is 3.58. The Hall–Kier alpha value is -2.41. The van der Waals surface area contributed by atoms with Crippen LogP contribution in [0.1, 0.15) is 20.8 Å². The second-order valence-electron chi connectivity index (χ2n) is 5.84. The van der Waals surface area contributed by atoms with Crippen molar-refractivity contribution in [1.82, 2.24) is 20.3 Å². The van der Waals surface area contributed by atoms with Crippen LogP contribution in [0.5, 0.6) is 0 Å². The lowest BCUT2D eigenvalue weighted by Gasteiger charge is -2.22. The summed E-state index contributed by atoms with van der Waals surface area (Å²) in [5.74, 6) is 1.09. The van der Waals surface area contributed by atoms with Gasteiger partial charge in [0.1, 0.15) is 0 Å². The van der Waals surface area contributed by atoms with Gasteiger partial charge in [-0.25, -0.2) is 14.6 Å². The van der Waals surface area contributed by atoms with Crippen LogP contribution in [0.4, 0.5) is 17.3 Å². The largest absolute Gasteiger partial charge is 0.362 e. The summed E-state index contributed by atoms with van der Waals surface area (Å²) in [6.07, 6.45) is 0. The molecule has 2 N–H and O–H groups in total. The molecule has 0 aliphatic carbocycles. The van der Waals surface area contributed by atoms with Gasteiger partial charge in [0, 0.05) is 16.2 Å². The van der Waals surface area contributed by atoms with Crippen LogP contribution >= 0.6 is 11.6 Å². The minimum atomic E-state index is -0.190. The number of benzene rings is 1. The summed E-state index contributed by atoms with van der Waals surface area (Å²) in [4.78, 5) is 8.80. The molecular weight excluding hydrogens is 304 g/mol. The molecule has 0 bridgehead atoms. The van der Waals surface area contributed by atoms with E-state index in [1.165, 1.54) is 0 Å². The molecule has 22 heavy (non-hydrogen) atoms. The monoisotopic (exact) mass is 318 g/mol. The van der Waals surface area contributed by atoms with Crippen molar-refractivity contribution < 1.29 is 4.63 Å². The highest BCUT2D eigenvalue weighted by atomic mass is 35.5. The van der Waals surface area contributed by atoms with Crippen molar-refractivity contribution in [2.75, 3.05) is 10.6 Å². The highest BCUT2D eigenvalue weighted by Crippen LogP contribution is 2.27. The van der Waals surface area contributed by atoms with E-state index in [1.807, 2.05) is 32.9 Å². The summed E-state index contributed by atoms with van der Waals surface area (Å²) in [5, 5.41) is 14.6. The number of hydrogen-bond acceptors (Lipinski definition) is 7. The first kappa shape index (κ1) is 14.5. The number of hydrogen-bond donors (Lipinski definition) is 2. The van der Waals surface area contributed by atoms with E-state index in [2.05, 4.69) is 35.5 Å². The van der Waals surface area contributed by atoms with Gasteiger partial charge in [0.2, 0.25) is 11.3 Å². The molecule has 2 aromatic heterocycles. The molecule has 1 aromatic carbocycles. The Morgan fingerprint density at radius 2 is 1.73 bits per heavy atom. The minimum absolute atomic E-state index is 0.190. The van der Waals surface area contributed by atoms with Crippen LogP contribution in [0.25, 0.3) is 11.3 Å².